The number of carbonyl (C=O) groups excluding carboxylic acids is 1. The van der Waals surface area contributed by atoms with Crippen LogP contribution in [0.3, 0.4) is 0 Å². The van der Waals surface area contributed by atoms with Gasteiger partial charge >= 0.3 is 0 Å². The lowest BCUT2D eigenvalue weighted by Crippen LogP contribution is -2.46. The van der Waals surface area contributed by atoms with Gasteiger partial charge in [-0.15, -0.1) is 11.3 Å². The Bertz CT molecular complexity index is 781. The van der Waals surface area contributed by atoms with Crippen LogP contribution in [-0.2, 0) is 17.8 Å². The summed E-state index contributed by atoms with van der Waals surface area (Å²) >= 11 is 1.66. The largest absolute Gasteiger partial charge is 0.350 e. The number of amides is 1. The molecule has 0 bridgehead atoms. The molecule has 0 radical (unpaired) electrons. The van der Waals surface area contributed by atoms with E-state index in [0.717, 1.165) is 37.4 Å². The van der Waals surface area contributed by atoms with Gasteiger partial charge in [0, 0.05) is 31.2 Å². The fourth-order valence-corrected chi connectivity index (χ4v) is 4.19. The number of aliphatic imine (C=N–C) groups is 1. The Balaban J connectivity index is 1.37. The Labute approximate surface area is 171 Å². The summed E-state index contributed by atoms with van der Waals surface area (Å²) in [5.41, 5.74) is 1.39. The highest BCUT2D eigenvalue weighted by atomic mass is 32.1. The predicted octanol–water partition coefficient (Wildman–Crippen LogP) is 2.60. The summed E-state index contributed by atoms with van der Waals surface area (Å²) in [5, 5.41) is 7.33. The first-order valence-corrected chi connectivity index (χ1v) is 10.6. The summed E-state index contributed by atoms with van der Waals surface area (Å²) in [5.74, 6) is 1.42. The molecule has 0 spiro atoms. The van der Waals surface area contributed by atoms with Gasteiger partial charge in [0.05, 0.1) is 13.1 Å². The highest BCUT2D eigenvalue weighted by Crippen LogP contribution is 2.21. The molecule has 2 aromatic rings. The van der Waals surface area contributed by atoms with Crippen LogP contribution < -0.4 is 10.6 Å². The monoisotopic (exact) mass is 399 g/mol. The standard InChI is InChI=1S/C21H29N5OS/c1-16-13-23-19(28-16)14-24-21(22-2)25-15-20(27)26-10-8-18(9-11-26)12-17-6-4-3-5-7-17/h3-7,13,18H,8-12,14-15H2,1-2H3,(H2,22,24,25). The Morgan fingerprint density at radius 2 is 2.00 bits per heavy atom. The molecule has 1 amide bonds. The number of piperidine rings is 1. The zero-order chi connectivity index (χ0) is 19.8. The minimum atomic E-state index is 0.131. The summed E-state index contributed by atoms with van der Waals surface area (Å²) in [6, 6.07) is 10.6. The number of guanidine groups is 1. The molecule has 1 saturated heterocycles. The van der Waals surface area contributed by atoms with Crippen molar-refractivity contribution in [2.75, 3.05) is 26.7 Å². The van der Waals surface area contributed by atoms with Crippen LogP contribution in [0.15, 0.2) is 41.5 Å². The molecule has 0 unspecified atom stereocenters. The molecule has 0 aliphatic carbocycles. The number of thiazole rings is 1. The summed E-state index contributed by atoms with van der Waals surface area (Å²) < 4.78 is 0. The molecule has 1 fully saturated rings. The summed E-state index contributed by atoms with van der Waals surface area (Å²) in [4.78, 5) is 24.2. The van der Waals surface area contributed by atoms with E-state index < -0.39 is 0 Å². The smallest absolute Gasteiger partial charge is 0.241 e. The van der Waals surface area contributed by atoms with Gasteiger partial charge in [0.1, 0.15) is 5.01 Å². The van der Waals surface area contributed by atoms with E-state index in [1.807, 2.05) is 18.0 Å². The van der Waals surface area contributed by atoms with Crippen LogP contribution in [0.5, 0.6) is 0 Å². The van der Waals surface area contributed by atoms with Crippen LogP contribution in [0, 0.1) is 12.8 Å². The fourth-order valence-electron chi connectivity index (χ4n) is 3.47. The van der Waals surface area contributed by atoms with E-state index in [1.165, 1.54) is 10.4 Å². The Kier molecular flexibility index (Phi) is 7.42. The lowest BCUT2D eigenvalue weighted by molar-refractivity contribution is -0.131. The number of hydrogen-bond acceptors (Lipinski definition) is 4. The molecule has 3 rings (SSSR count). The molecule has 150 valence electrons. The fraction of sp³-hybridized carbons (Fsp3) is 0.476. The van der Waals surface area contributed by atoms with Gasteiger partial charge in [0.15, 0.2) is 5.96 Å². The SMILES string of the molecule is CN=C(NCC(=O)N1CCC(Cc2ccccc2)CC1)NCc1ncc(C)s1. The van der Waals surface area contributed by atoms with Gasteiger partial charge in [-0.25, -0.2) is 4.98 Å². The van der Waals surface area contributed by atoms with Gasteiger partial charge in [0.2, 0.25) is 5.91 Å². The Morgan fingerprint density at radius 3 is 2.64 bits per heavy atom. The van der Waals surface area contributed by atoms with Crippen LogP contribution in [0.2, 0.25) is 0 Å². The van der Waals surface area contributed by atoms with E-state index >= 15 is 0 Å². The van der Waals surface area contributed by atoms with Crippen LogP contribution >= 0.6 is 11.3 Å². The predicted molar refractivity (Wildman–Crippen MR) is 115 cm³/mol. The van der Waals surface area contributed by atoms with Gasteiger partial charge in [-0.05, 0) is 37.7 Å². The number of rotatable bonds is 6. The molecule has 0 saturated carbocycles. The number of benzene rings is 1. The van der Waals surface area contributed by atoms with Crippen molar-refractivity contribution in [2.24, 2.45) is 10.9 Å². The molecule has 6 nitrogen and oxygen atoms in total. The van der Waals surface area contributed by atoms with Crippen molar-refractivity contribution in [1.82, 2.24) is 20.5 Å². The van der Waals surface area contributed by atoms with E-state index in [4.69, 9.17) is 0 Å². The third-order valence-corrected chi connectivity index (χ3v) is 5.95. The molecular weight excluding hydrogens is 370 g/mol. The van der Waals surface area contributed by atoms with E-state index in [0.29, 0.717) is 18.4 Å². The Hall–Kier alpha value is -2.41. The van der Waals surface area contributed by atoms with Crippen LogP contribution in [0.4, 0.5) is 0 Å². The average Bonchev–Trinajstić information content (AvgIpc) is 3.14. The van der Waals surface area contributed by atoms with Gasteiger partial charge < -0.3 is 15.5 Å². The molecular formula is C21H29N5OS. The second kappa shape index (κ2) is 10.2. The maximum atomic E-state index is 12.5. The summed E-state index contributed by atoms with van der Waals surface area (Å²) in [6.45, 7) is 4.58. The zero-order valence-electron chi connectivity index (χ0n) is 16.6. The number of likely N-dealkylation sites (tertiary alicyclic amines) is 1. The first-order valence-electron chi connectivity index (χ1n) is 9.81. The van der Waals surface area contributed by atoms with Crippen LogP contribution in [-0.4, -0.2) is 48.4 Å². The van der Waals surface area contributed by atoms with E-state index in [1.54, 1.807) is 18.4 Å². The summed E-state index contributed by atoms with van der Waals surface area (Å²) in [6.07, 6.45) is 5.10. The number of carbonyl (C=O) groups is 1. The average molecular weight is 400 g/mol. The number of hydrogen-bond donors (Lipinski definition) is 2. The topological polar surface area (TPSA) is 69.6 Å². The number of aryl methyl sites for hydroxylation is 1. The minimum Gasteiger partial charge on any atom is -0.350 e. The van der Waals surface area contributed by atoms with Crippen molar-refractivity contribution in [3.63, 3.8) is 0 Å². The highest BCUT2D eigenvalue weighted by Gasteiger charge is 2.22. The second-order valence-corrected chi connectivity index (χ2v) is 8.48. The van der Waals surface area contributed by atoms with Crippen molar-refractivity contribution in [3.05, 3.63) is 52.0 Å². The Morgan fingerprint density at radius 1 is 1.25 bits per heavy atom. The van der Waals surface area contributed by atoms with Gasteiger partial charge in [0.25, 0.3) is 0 Å². The van der Waals surface area contributed by atoms with Crippen LogP contribution in [0.25, 0.3) is 0 Å². The normalized spacial score (nSPS) is 15.5. The number of aromatic nitrogens is 1. The highest BCUT2D eigenvalue weighted by molar-refractivity contribution is 7.11. The van der Waals surface area contributed by atoms with Crippen molar-refractivity contribution in [2.45, 2.75) is 32.7 Å². The summed E-state index contributed by atoms with van der Waals surface area (Å²) in [7, 11) is 1.71. The third-order valence-electron chi connectivity index (χ3n) is 5.04. The van der Waals surface area contributed by atoms with Crippen molar-refractivity contribution in [3.8, 4) is 0 Å². The number of nitrogens with one attached hydrogen (secondary N) is 2. The molecule has 1 aromatic heterocycles. The van der Waals surface area contributed by atoms with E-state index in [9.17, 15) is 4.79 Å². The molecule has 1 aromatic carbocycles. The van der Waals surface area contributed by atoms with Gasteiger partial charge in [-0.3, -0.25) is 9.79 Å². The van der Waals surface area contributed by atoms with Gasteiger partial charge in [-0.2, -0.15) is 0 Å². The minimum absolute atomic E-state index is 0.131. The molecule has 0 atom stereocenters. The first kappa shape index (κ1) is 20.3. The first-order chi connectivity index (χ1) is 13.6. The quantitative estimate of drug-likeness (QED) is 0.579. The van der Waals surface area contributed by atoms with Crippen molar-refractivity contribution >= 4 is 23.2 Å². The molecule has 2 heterocycles. The third kappa shape index (κ3) is 6.05. The lowest BCUT2D eigenvalue weighted by atomic mass is 9.90. The second-order valence-electron chi connectivity index (χ2n) is 7.16. The number of nitrogens with zero attached hydrogens (tertiary/aromatic N) is 3. The van der Waals surface area contributed by atoms with E-state index in [2.05, 4.69) is 50.9 Å². The maximum Gasteiger partial charge on any atom is 0.241 e. The zero-order valence-corrected chi connectivity index (χ0v) is 17.5. The molecule has 2 N–H and O–H groups in total. The van der Waals surface area contributed by atoms with Gasteiger partial charge in [-0.1, -0.05) is 30.3 Å². The van der Waals surface area contributed by atoms with E-state index in [-0.39, 0.29) is 12.5 Å². The van der Waals surface area contributed by atoms with Crippen LogP contribution in [0.1, 0.15) is 28.3 Å². The molecule has 7 heteroatoms. The molecule has 1 aliphatic heterocycles. The molecule has 28 heavy (non-hydrogen) atoms. The maximum absolute atomic E-state index is 12.5. The molecule has 1 aliphatic rings. The van der Waals surface area contributed by atoms with Crippen molar-refractivity contribution in [1.29, 1.82) is 0 Å². The van der Waals surface area contributed by atoms with Crippen molar-refractivity contribution < 1.29 is 4.79 Å². The lowest BCUT2D eigenvalue weighted by Gasteiger charge is -2.32.